The highest BCUT2D eigenvalue weighted by atomic mass is 16.5. The quantitative estimate of drug-likeness (QED) is 0.645. The maximum atomic E-state index is 11.5. The van der Waals surface area contributed by atoms with Gasteiger partial charge in [0.25, 0.3) is 0 Å². The zero-order chi connectivity index (χ0) is 10.1. The van der Waals surface area contributed by atoms with Gasteiger partial charge in [0.05, 0.1) is 13.0 Å². The molecule has 0 aromatic rings. The van der Waals surface area contributed by atoms with E-state index in [1.54, 1.807) is 0 Å². The molecule has 2 rings (SSSR count). The van der Waals surface area contributed by atoms with Crippen molar-refractivity contribution >= 4 is 5.97 Å². The second kappa shape index (κ2) is 3.89. The van der Waals surface area contributed by atoms with Crippen molar-refractivity contribution in [2.75, 3.05) is 7.11 Å². The van der Waals surface area contributed by atoms with Gasteiger partial charge in [-0.3, -0.25) is 4.79 Å². The van der Waals surface area contributed by atoms with E-state index in [0.29, 0.717) is 11.8 Å². The van der Waals surface area contributed by atoms with E-state index in [1.807, 2.05) is 0 Å². The SMILES string of the molecule is COC(=O)[C@@H]1[C@@H](N)[C@@H]2CCCCC[C@@H]21. The molecule has 80 valence electrons. The summed E-state index contributed by atoms with van der Waals surface area (Å²) in [6.07, 6.45) is 6.20. The van der Waals surface area contributed by atoms with E-state index in [9.17, 15) is 4.79 Å². The molecule has 0 heterocycles. The summed E-state index contributed by atoms with van der Waals surface area (Å²) < 4.78 is 4.80. The highest BCUT2D eigenvalue weighted by molar-refractivity contribution is 5.75. The van der Waals surface area contributed by atoms with Gasteiger partial charge in [0.15, 0.2) is 0 Å². The van der Waals surface area contributed by atoms with Crippen LogP contribution in [0.25, 0.3) is 0 Å². The van der Waals surface area contributed by atoms with Crippen LogP contribution in [0.1, 0.15) is 32.1 Å². The van der Waals surface area contributed by atoms with Crippen molar-refractivity contribution in [2.24, 2.45) is 23.5 Å². The van der Waals surface area contributed by atoms with Crippen molar-refractivity contribution < 1.29 is 9.53 Å². The van der Waals surface area contributed by atoms with Crippen LogP contribution in [-0.2, 0) is 9.53 Å². The Morgan fingerprint density at radius 3 is 2.50 bits per heavy atom. The number of hydrogen-bond acceptors (Lipinski definition) is 3. The number of esters is 1. The lowest BCUT2D eigenvalue weighted by Gasteiger charge is -2.48. The maximum absolute atomic E-state index is 11.5. The number of methoxy groups -OCH3 is 1. The Bertz CT molecular complexity index is 229. The first kappa shape index (κ1) is 9.97. The summed E-state index contributed by atoms with van der Waals surface area (Å²) in [5.74, 6) is 0.991. The van der Waals surface area contributed by atoms with Crippen molar-refractivity contribution in [1.29, 1.82) is 0 Å². The second-order valence-electron chi connectivity index (χ2n) is 4.59. The molecule has 0 aliphatic heterocycles. The fourth-order valence-electron chi connectivity index (χ4n) is 3.16. The van der Waals surface area contributed by atoms with Crippen LogP contribution in [-0.4, -0.2) is 19.1 Å². The van der Waals surface area contributed by atoms with Crippen LogP contribution < -0.4 is 5.73 Å². The van der Waals surface area contributed by atoms with E-state index in [1.165, 1.54) is 32.8 Å². The highest BCUT2D eigenvalue weighted by Gasteiger charge is 2.52. The van der Waals surface area contributed by atoms with Gasteiger partial charge in [-0.15, -0.1) is 0 Å². The molecule has 2 saturated carbocycles. The zero-order valence-corrected chi connectivity index (χ0v) is 8.74. The van der Waals surface area contributed by atoms with Crippen molar-refractivity contribution in [1.82, 2.24) is 0 Å². The first-order chi connectivity index (χ1) is 6.75. The van der Waals surface area contributed by atoms with E-state index < -0.39 is 0 Å². The van der Waals surface area contributed by atoms with E-state index in [-0.39, 0.29) is 17.9 Å². The fraction of sp³-hybridized carbons (Fsp3) is 0.909. The van der Waals surface area contributed by atoms with E-state index in [0.717, 1.165) is 6.42 Å². The molecular formula is C11H19NO2. The van der Waals surface area contributed by atoms with Crippen molar-refractivity contribution in [2.45, 2.75) is 38.1 Å². The summed E-state index contributed by atoms with van der Waals surface area (Å²) in [4.78, 5) is 11.5. The smallest absolute Gasteiger partial charge is 0.310 e. The number of carbonyl (C=O) groups excluding carboxylic acids is 1. The summed E-state index contributed by atoms with van der Waals surface area (Å²) in [7, 11) is 1.46. The van der Waals surface area contributed by atoms with Gasteiger partial charge in [0.2, 0.25) is 0 Å². The average molecular weight is 197 g/mol. The molecule has 2 aliphatic rings. The highest BCUT2D eigenvalue weighted by Crippen LogP contribution is 2.47. The lowest BCUT2D eigenvalue weighted by atomic mass is 9.59. The third-order valence-corrected chi connectivity index (χ3v) is 3.97. The molecule has 3 heteroatoms. The molecule has 0 amide bonds. The summed E-state index contributed by atoms with van der Waals surface area (Å²) in [6, 6.07) is 0.0607. The Hall–Kier alpha value is -0.570. The fourth-order valence-corrected chi connectivity index (χ4v) is 3.16. The first-order valence-corrected chi connectivity index (χ1v) is 5.59. The predicted molar refractivity (Wildman–Crippen MR) is 53.5 cm³/mol. The molecule has 0 aromatic carbocycles. The molecule has 2 aliphatic carbocycles. The third-order valence-electron chi connectivity index (χ3n) is 3.97. The Morgan fingerprint density at radius 1 is 1.21 bits per heavy atom. The molecule has 2 N–H and O–H groups in total. The summed E-state index contributed by atoms with van der Waals surface area (Å²) in [5, 5.41) is 0. The van der Waals surface area contributed by atoms with Crippen LogP contribution in [0, 0.1) is 17.8 Å². The maximum Gasteiger partial charge on any atom is 0.310 e. The van der Waals surface area contributed by atoms with Crippen molar-refractivity contribution in [3.63, 3.8) is 0 Å². The lowest BCUT2D eigenvalue weighted by Crippen LogP contribution is -2.59. The monoisotopic (exact) mass is 197 g/mol. The first-order valence-electron chi connectivity index (χ1n) is 5.59. The minimum Gasteiger partial charge on any atom is -0.469 e. The number of ether oxygens (including phenoxy) is 1. The van der Waals surface area contributed by atoms with Crippen LogP contribution in [0.5, 0.6) is 0 Å². The molecule has 0 aromatic heterocycles. The van der Waals surface area contributed by atoms with Gasteiger partial charge in [-0.05, 0) is 24.7 Å². The number of nitrogens with two attached hydrogens (primary N) is 1. The van der Waals surface area contributed by atoms with Gasteiger partial charge in [-0.25, -0.2) is 0 Å². The average Bonchev–Trinajstić information content (AvgIpc) is 2.40. The minimum absolute atomic E-state index is 0.0110. The Morgan fingerprint density at radius 2 is 1.86 bits per heavy atom. The van der Waals surface area contributed by atoms with Crippen LogP contribution in [0.15, 0.2) is 0 Å². The van der Waals surface area contributed by atoms with Gasteiger partial charge >= 0.3 is 5.97 Å². The minimum atomic E-state index is -0.0966. The lowest BCUT2D eigenvalue weighted by molar-refractivity contribution is -0.157. The predicted octanol–water partition coefficient (Wildman–Crippen LogP) is 1.31. The van der Waals surface area contributed by atoms with Gasteiger partial charge in [0.1, 0.15) is 0 Å². The van der Waals surface area contributed by atoms with E-state index in [2.05, 4.69) is 0 Å². The van der Waals surface area contributed by atoms with E-state index >= 15 is 0 Å². The van der Waals surface area contributed by atoms with Crippen LogP contribution in [0.4, 0.5) is 0 Å². The number of carbonyl (C=O) groups is 1. The molecule has 2 fully saturated rings. The summed E-state index contributed by atoms with van der Waals surface area (Å²) in [5.41, 5.74) is 6.02. The zero-order valence-electron chi connectivity index (χ0n) is 8.74. The van der Waals surface area contributed by atoms with Gasteiger partial charge in [-0.1, -0.05) is 19.3 Å². The third kappa shape index (κ3) is 1.44. The van der Waals surface area contributed by atoms with Crippen molar-refractivity contribution in [3.8, 4) is 0 Å². The van der Waals surface area contributed by atoms with Crippen LogP contribution >= 0.6 is 0 Å². The van der Waals surface area contributed by atoms with Crippen molar-refractivity contribution in [3.05, 3.63) is 0 Å². The van der Waals surface area contributed by atoms with Crippen LogP contribution in [0.3, 0.4) is 0 Å². The number of fused-ring (bicyclic) bond motifs is 1. The summed E-state index contributed by atoms with van der Waals surface area (Å²) in [6.45, 7) is 0. The Labute approximate surface area is 85.0 Å². The second-order valence-corrected chi connectivity index (χ2v) is 4.59. The van der Waals surface area contributed by atoms with Gasteiger partial charge in [-0.2, -0.15) is 0 Å². The largest absolute Gasteiger partial charge is 0.469 e. The summed E-state index contributed by atoms with van der Waals surface area (Å²) >= 11 is 0. The van der Waals surface area contributed by atoms with Gasteiger partial charge in [0, 0.05) is 6.04 Å². The van der Waals surface area contributed by atoms with E-state index in [4.69, 9.17) is 10.5 Å². The Kier molecular flexibility index (Phi) is 2.77. The molecule has 0 saturated heterocycles. The topological polar surface area (TPSA) is 52.3 Å². The molecular weight excluding hydrogens is 178 g/mol. The normalized spacial score (nSPS) is 41.9. The van der Waals surface area contributed by atoms with Gasteiger partial charge < -0.3 is 10.5 Å². The molecule has 0 unspecified atom stereocenters. The molecule has 0 bridgehead atoms. The molecule has 0 radical (unpaired) electrons. The number of hydrogen-bond donors (Lipinski definition) is 1. The molecule has 0 spiro atoms. The molecule has 14 heavy (non-hydrogen) atoms. The molecule has 4 atom stereocenters. The standard InChI is InChI=1S/C11H19NO2/c1-14-11(13)9-7-5-3-2-4-6-8(7)10(9)12/h7-10H,2-6,12H2,1H3/t7-,8+,9-,10-/m0/s1. The van der Waals surface area contributed by atoms with Crippen LogP contribution in [0.2, 0.25) is 0 Å². The molecule has 3 nitrogen and oxygen atoms in total. The Balaban J connectivity index is 2.03. The number of rotatable bonds is 1.